The summed E-state index contributed by atoms with van der Waals surface area (Å²) in [5.41, 5.74) is 10.1. The predicted molar refractivity (Wildman–Crippen MR) is 72.0 cm³/mol. The van der Waals surface area contributed by atoms with Crippen molar-refractivity contribution in [1.29, 1.82) is 0 Å². The topological polar surface area (TPSA) is 165 Å². The summed E-state index contributed by atoms with van der Waals surface area (Å²) in [5.74, 6) is -2.62. The zero-order valence-corrected chi connectivity index (χ0v) is 12.0. The largest absolute Gasteiger partial charge is 0.452 e. The number of amides is 3. The van der Waals surface area contributed by atoms with Crippen molar-refractivity contribution in [3.8, 4) is 0 Å². The number of rotatable bonds is 5. The molecule has 0 aromatic carbocycles. The van der Waals surface area contributed by atoms with Crippen LogP contribution in [0.15, 0.2) is 0 Å². The lowest BCUT2D eigenvalue weighted by Crippen LogP contribution is -2.48. The number of hydroxylamine groups is 2. The molecular formula is C12H20N4O6. The van der Waals surface area contributed by atoms with E-state index in [-0.39, 0.29) is 38.8 Å². The van der Waals surface area contributed by atoms with Crippen LogP contribution in [0.5, 0.6) is 0 Å². The first-order valence-corrected chi connectivity index (χ1v) is 6.81. The van der Waals surface area contributed by atoms with E-state index in [1.807, 2.05) is 0 Å². The van der Waals surface area contributed by atoms with Crippen LogP contribution >= 0.6 is 0 Å². The van der Waals surface area contributed by atoms with Gasteiger partial charge >= 0.3 is 5.97 Å². The van der Waals surface area contributed by atoms with Crippen LogP contribution in [0.1, 0.15) is 25.7 Å². The van der Waals surface area contributed by atoms with Crippen molar-refractivity contribution in [1.82, 2.24) is 10.4 Å². The lowest BCUT2D eigenvalue weighted by atomic mass is 10.1. The zero-order valence-electron chi connectivity index (χ0n) is 12.0. The van der Waals surface area contributed by atoms with Gasteiger partial charge in [0.25, 0.3) is 5.91 Å². The van der Waals surface area contributed by atoms with Crippen molar-refractivity contribution in [2.24, 2.45) is 11.5 Å². The molecule has 0 spiro atoms. The standard InChI is InChI=1S/C12H20N4O6/c13-9(17)4-6-16(21)7-1-2-10(18)22-8(11(14)19)3-5-15-12(7)20/h7-8,21H,1-6H2,(H2,13,17)(H2,14,19)(H,15,20). The summed E-state index contributed by atoms with van der Waals surface area (Å²) in [6.45, 7) is -0.0771. The molecule has 2 unspecified atom stereocenters. The van der Waals surface area contributed by atoms with Gasteiger partial charge in [0, 0.05) is 32.4 Å². The summed E-state index contributed by atoms with van der Waals surface area (Å²) in [5, 5.41) is 13.0. The van der Waals surface area contributed by atoms with Crippen LogP contribution < -0.4 is 16.8 Å². The smallest absolute Gasteiger partial charge is 0.306 e. The number of esters is 1. The third-order valence-electron chi connectivity index (χ3n) is 3.17. The quantitative estimate of drug-likeness (QED) is 0.324. The molecule has 0 bridgehead atoms. The van der Waals surface area contributed by atoms with E-state index < -0.39 is 35.8 Å². The molecule has 3 amide bonds. The Kier molecular flexibility index (Phi) is 6.73. The number of nitrogens with zero attached hydrogens (tertiary/aromatic N) is 1. The first-order valence-electron chi connectivity index (χ1n) is 6.81. The minimum Gasteiger partial charge on any atom is -0.452 e. The summed E-state index contributed by atoms with van der Waals surface area (Å²) < 4.78 is 4.91. The molecular weight excluding hydrogens is 296 g/mol. The number of carbonyl (C=O) groups excluding carboxylic acids is 4. The fourth-order valence-electron chi connectivity index (χ4n) is 1.97. The van der Waals surface area contributed by atoms with Crippen molar-refractivity contribution in [3.05, 3.63) is 0 Å². The number of nitrogens with one attached hydrogen (secondary N) is 1. The number of cyclic esters (lactones) is 1. The van der Waals surface area contributed by atoms with Gasteiger partial charge in [0.05, 0.1) is 0 Å². The minimum absolute atomic E-state index is 0.0363. The second kappa shape index (κ2) is 8.29. The van der Waals surface area contributed by atoms with Crippen LogP contribution in [0.4, 0.5) is 0 Å². The van der Waals surface area contributed by atoms with Crippen molar-refractivity contribution in [2.45, 2.75) is 37.8 Å². The summed E-state index contributed by atoms with van der Waals surface area (Å²) in [6, 6.07) is -1.02. The van der Waals surface area contributed by atoms with Crippen LogP contribution in [0.2, 0.25) is 0 Å². The van der Waals surface area contributed by atoms with Gasteiger partial charge in [-0.15, -0.1) is 0 Å². The lowest BCUT2D eigenvalue weighted by Gasteiger charge is -2.26. The van der Waals surface area contributed by atoms with Gasteiger partial charge < -0.3 is 26.7 Å². The van der Waals surface area contributed by atoms with E-state index in [4.69, 9.17) is 16.2 Å². The van der Waals surface area contributed by atoms with Crippen LogP contribution in [-0.4, -0.2) is 59.2 Å². The molecule has 1 aliphatic rings. The lowest BCUT2D eigenvalue weighted by molar-refractivity contribution is -0.164. The highest BCUT2D eigenvalue weighted by molar-refractivity contribution is 5.85. The molecule has 1 heterocycles. The summed E-state index contributed by atoms with van der Waals surface area (Å²) in [4.78, 5) is 45.4. The third kappa shape index (κ3) is 5.66. The molecule has 0 saturated carbocycles. The van der Waals surface area contributed by atoms with Crippen LogP contribution in [-0.2, 0) is 23.9 Å². The van der Waals surface area contributed by atoms with E-state index >= 15 is 0 Å². The van der Waals surface area contributed by atoms with Crippen molar-refractivity contribution < 1.29 is 29.1 Å². The molecule has 0 aliphatic carbocycles. The van der Waals surface area contributed by atoms with Gasteiger partial charge in [-0.1, -0.05) is 0 Å². The Morgan fingerprint density at radius 2 is 2.00 bits per heavy atom. The Balaban J connectivity index is 2.69. The molecule has 22 heavy (non-hydrogen) atoms. The summed E-state index contributed by atoms with van der Waals surface area (Å²) in [6.07, 6.45) is -1.40. The van der Waals surface area contributed by atoms with Gasteiger partial charge in [0.2, 0.25) is 11.8 Å². The first kappa shape index (κ1) is 17.9. The number of ether oxygens (including phenoxy) is 1. The third-order valence-corrected chi connectivity index (χ3v) is 3.17. The van der Waals surface area contributed by atoms with Gasteiger partial charge in [-0.2, -0.15) is 5.06 Å². The molecule has 10 heteroatoms. The van der Waals surface area contributed by atoms with E-state index in [0.717, 1.165) is 0 Å². The molecule has 1 saturated heterocycles. The Hall–Kier alpha value is -2.20. The molecule has 1 rings (SSSR count). The number of hydrogen-bond donors (Lipinski definition) is 4. The highest BCUT2D eigenvalue weighted by Gasteiger charge is 2.29. The molecule has 2 atom stereocenters. The Labute approximate surface area is 126 Å². The SMILES string of the molecule is NC(=O)CCN(O)C1CCC(=O)OC(C(N)=O)CCNC1=O. The van der Waals surface area contributed by atoms with Gasteiger partial charge in [-0.25, -0.2) is 0 Å². The maximum absolute atomic E-state index is 12.0. The van der Waals surface area contributed by atoms with Gasteiger partial charge in [0.15, 0.2) is 6.10 Å². The molecule has 1 aliphatic heterocycles. The van der Waals surface area contributed by atoms with Crippen molar-refractivity contribution in [3.63, 3.8) is 0 Å². The molecule has 1 fully saturated rings. The Morgan fingerprint density at radius 3 is 2.59 bits per heavy atom. The van der Waals surface area contributed by atoms with E-state index in [0.29, 0.717) is 5.06 Å². The fraction of sp³-hybridized carbons (Fsp3) is 0.667. The first-order chi connectivity index (χ1) is 10.3. The summed E-state index contributed by atoms with van der Waals surface area (Å²) >= 11 is 0. The summed E-state index contributed by atoms with van der Waals surface area (Å²) in [7, 11) is 0. The van der Waals surface area contributed by atoms with Crippen molar-refractivity contribution >= 4 is 23.7 Å². The number of hydrogen-bond acceptors (Lipinski definition) is 7. The minimum atomic E-state index is -1.09. The monoisotopic (exact) mass is 316 g/mol. The van der Waals surface area contributed by atoms with E-state index in [1.165, 1.54) is 0 Å². The van der Waals surface area contributed by atoms with Gasteiger partial charge in [-0.3, -0.25) is 19.2 Å². The highest BCUT2D eigenvalue weighted by atomic mass is 16.5. The molecule has 6 N–H and O–H groups in total. The average Bonchev–Trinajstić information content (AvgIpc) is 2.43. The highest BCUT2D eigenvalue weighted by Crippen LogP contribution is 2.11. The molecule has 0 aromatic heterocycles. The maximum atomic E-state index is 12.0. The van der Waals surface area contributed by atoms with Crippen molar-refractivity contribution in [2.75, 3.05) is 13.1 Å². The van der Waals surface area contributed by atoms with E-state index in [9.17, 15) is 24.4 Å². The normalized spacial score (nSPS) is 23.5. The van der Waals surface area contributed by atoms with Crippen LogP contribution in [0, 0.1) is 0 Å². The maximum Gasteiger partial charge on any atom is 0.306 e. The second-order valence-electron chi connectivity index (χ2n) is 4.89. The average molecular weight is 316 g/mol. The molecule has 0 radical (unpaired) electrons. The molecule has 124 valence electrons. The van der Waals surface area contributed by atoms with Crippen LogP contribution in [0.25, 0.3) is 0 Å². The Bertz CT molecular complexity index is 455. The predicted octanol–water partition coefficient (Wildman–Crippen LogP) is -2.38. The molecule has 10 nitrogen and oxygen atoms in total. The number of primary amides is 2. The Morgan fingerprint density at radius 1 is 1.32 bits per heavy atom. The van der Waals surface area contributed by atoms with E-state index in [2.05, 4.69) is 5.32 Å². The molecule has 0 aromatic rings. The number of nitrogens with two attached hydrogens (primary N) is 2. The van der Waals surface area contributed by atoms with E-state index in [1.54, 1.807) is 0 Å². The zero-order chi connectivity index (χ0) is 16.7. The second-order valence-corrected chi connectivity index (χ2v) is 4.89. The van der Waals surface area contributed by atoms with Crippen LogP contribution in [0.3, 0.4) is 0 Å². The number of carbonyl (C=O) groups is 4. The fourth-order valence-corrected chi connectivity index (χ4v) is 1.97. The van der Waals surface area contributed by atoms with Gasteiger partial charge in [0.1, 0.15) is 6.04 Å². The van der Waals surface area contributed by atoms with Gasteiger partial charge in [-0.05, 0) is 6.42 Å².